The van der Waals surface area contributed by atoms with Crippen LogP contribution in [0.15, 0.2) is 47.4 Å². The Kier molecular flexibility index (Phi) is 6.88. The molecule has 0 spiro atoms. The fraction of sp³-hybridized carbons (Fsp3) is 0.500. The monoisotopic (exact) mass is 498 g/mol. The lowest BCUT2D eigenvalue weighted by atomic mass is 9.96. The largest absolute Gasteiger partial charge is 0.497 e. The number of amides is 2. The molecule has 35 heavy (non-hydrogen) atoms. The lowest BCUT2D eigenvalue weighted by Crippen LogP contribution is -2.48. The predicted molar refractivity (Wildman–Crippen MR) is 137 cm³/mol. The molecule has 5 rings (SSSR count). The van der Waals surface area contributed by atoms with Crippen LogP contribution < -0.4 is 19.9 Å². The summed E-state index contributed by atoms with van der Waals surface area (Å²) in [4.78, 5) is 17.1. The van der Waals surface area contributed by atoms with E-state index in [2.05, 4.69) is 10.2 Å². The van der Waals surface area contributed by atoms with E-state index in [4.69, 9.17) is 4.74 Å². The Hall–Kier alpha value is -2.78. The lowest BCUT2D eigenvalue weighted by molar-refractivity contribution is 0.238. The number of methoxy groups -OCH3 is 1. The van der Waals surface area contributed by atoms with Crippen molar-refractivity contribution in [1.29, 1.82) is 0 Å². The molecule has 3 aliphatic rings. The number of anilines is 2. The Labute approximate surface area is 207 Å². The molecule has 0 radical (unpaired) electrons. The molecule has 2 aromatic carbocycles. The van der Waals surface area contributed by atoms with Crippen molar-refractivity contribution in [2.24, 2.45) is 0 Å². The van der Waals surface area contributed by atoms with Crippen molar-refractivity contribution in [3.05, 3.63) is 48.0 Å². The van der Waals surface area contributed by atoms with Crippen molar-refractivity contribution in [2.45, 2.75) is 49.5 Å². The van der Waals surface area contributed by atoms with Gasteiger partial charge in [-0.1, -0.05) is 25.3 Å². The van der Waals surface area contributed by atoms with Gasteiger partial charge in [0.1, 0.15) is 5.75 Å². The van der Waals surface area contributed by atoms with Crippen LogP contribution >= 0.6 is 0 Å². The first-order chi connectivity index (χ1) is 17.0. The van der Waals surface area contributed by atoms with Gasteiger partial charge < -0.3 is 15.0 Å². The van der Waals surface area contributed by atoms with Gasteiger partial charge in [0, 0.05) is 56.2 Å². The van der Waals surface area contributed by atoms with E-state index >= 15 is 0 Å². The van der Waals surface area contributed by atoms with Crippen molar-refractivity contribution in [3.63, 3.8) is 0 Å². The molecule has 0 aromatic heterocycles. The highest BCUT2D eigenvalue weighted by Crippen LogP contribution is 2.32. The molecule has 1 aliphatic carbocycles. The summed E-state index contributed by atoms with van der Waals surface area (Å²) < 4.78 is 33.7. The molecule has 2 fully saturated rings. The number of nitrogens with zero attached hydrogens (tertiary/aromatic N) is 3. The number of benzene rings is 2. The zero-order valence-electron chi connectivity index (χ0n) is 20.3. The average Bonchev–Trinajstić information content (AvgIpc) is 3.33. The second kappa shape index (κ2) is 10.1. The van der Waals surface area contributed by atoms with Crippen molar-refractivity contribution in [2.75, 3.05) is 49.6 Å². The zero-order valence-corrected chi connectivity index (χ0v) is 21.1. The van der Waals surface area contributed by atoms with Crippen molar-refractivity contribution in [1.82, 2.24) is 9.62 Å². The Morgan fingerprint density at radius 3 is 2.49 bits per heavy atom. The Balaban J connectivity index is 1.24. The van der Waals surface area contributed by atoms with Gasteiger partial charge >= 0.3 is 6.03 Å². The second-order valence-electron chi connectivity index (χ2n) is 9.57. The number of piperazine rings is 1. The molecule has 0 atom stereocenters. The first-order valence-electron chi connectivity index (χ1n) is 12.6. The van der Waals surface area contributed by atoms with E-state index in [0.29, 0.717) is 44.0 Å². The molecule has 1 saturated carbocycles. The third-order valence-electron chi connectivity index (χ3n) is 7.42. The van der Waals surface area contributed by atoms with Gasteiger partial charge in [0.15, 0.2) is 0 Å². The number of sulfonamides is 1. The fourth-order valence-corrected chi connectivity index (χ4v) is 6.87. The molecular formula is C26H34N4O4S. The maximum atomic E-state index is 13.4. The summed E-state index contributed by atoms with van der Waals surface area (Å²) in [6.45, 7) is 2.66. The quantitative estimate of drug-likeness (QED) is 0.681. The summed E-state index contributed by atoms with van der Waals surface area (Å²) >= 11 is 0. The first kappa shape index (κ1) is 23.9. The third kappa shape index (κ3) is 4.97. The molecule has 0 unspecified atom stereocenters. The normalized spacial score (nSPS) is 19.5. The molecular weight excluding hydrogens is 464 g/mol. The van der Waals surface area contributed by atoms with Crippen LogP contribution in [-0.4, -0.2) is 64.6 Å². The van der Waals surface area contributed by atoms with E-state index in [9.17, 15) is 13.2 Å². The van der Waals surface area contributed by atoms with Gasteiger partial charge in [0.05, 0.1) is 12.0 Å². The molecule has 2 heterocycles. The van der Waals surface area contributed by atoms with Crippen LogP contribution in [0.2, 0.25) is 0 Å². The number of nitrogens with one attached hydrogen (secondary N) is 1. The molecule has 2 amide bonds. The Morgan fingerprint density at radius 1 is 0.971 bits per heavy atom. The van der Waals surface area contributed by atoms with Crippen LogP contribution in [0.5, 0.6) is 5.75 Å². The van der Waals surface area contributed by atoms with Gasteiger partial charge in [-0.05, 0) is 55.2 Å². The van der Waals surface area contributed by atoms with Gasteiger partial charge in [0.25, 0.3) is 0 Å². The number of rotatable bonds is 5. The van der Waals surface area contributed by atoms with Gasteiger partial charge in [-0.2, -0.15) is 4.31 Å². The number of carbonyl (C=O) groups is 1. The molecule has 1 saturated heterocycles. The van der Waals surface area contributed by atoms with E-state index in [1.807, 2.05) is 24.3 Å². The maximum Gasteiger partial charge on any atom is 0.322 e. The second-order valence-corrected chi connectivity index (χ2v) is 11.5. The predicted octanol–water partition coefficient (Wildman–Crippen LogP) is 3.61. The fourth-order valence-electron chi connectivity index (χ4n) is 5.39. The average molecular weight is 499 g/mol. The van der Waals surface area contributed by atoms with Gasteiger partial charge in [-0.25, -0.2) is 13.2 Å². The molecule has 2 aromatic rings. The van der Waals surface area contributed by atoms with Crippen molar-refractivity contribution < 1.29 is 17.9 Å². The number of hydrogen-bond acceptors (Lipinski definition) is 5. The summed E-state index contributed by atoms with van der Waals surface area (Å²) in [5.74, 6) is 0.789. The minimum absolute atomic E-state index is 0.0695. The van der Waals surface area contributed by atoms with Gasteiger partial charge in [0.2, 0.25) is 10.0 Å². The van der Waals surface area contributed by atoms with Crippen LogP contribution in [0.3, 0.4) is 0 Å². The van der Waals surface area contributed by atoms with E-state index in [0.717, 1.165) is 48.4 Å². The summed E-state index contributed by atoms with van der Waals surface area (Å²) in [6, 6.07) is 13.2. The first-order valence-corrected chi connectivity index (χ1v) is 14.0. The topological polar surface area (TPSA) is 82.2 Å². The Bertz CT molecular complexity index is 1170. The molecule has 0 bridgehead atoms. The van der Waals surface area contributed by atoms with E-state index < -0.39 is 10.0 Å². The van der Waals surface area contributed by atoms with Crippen molar-refractivity contribution >= 4 is 27.4 Å². The lowest BCUT2D eigenvalue weighted by Gasteiger charge is -2.35. The highest BCUT2D eigenvalue weighted by molar-refractivity contribution is 7.89. The SMILES string of the molecule is COc1cccc(N2CCN(S(=O)(=O)c3ccc4c(c3)CCN4C(=O)NC3CCCCC3)CC2)c1. The zero-order chi connectivity index (χ0) is 24.4. The summed E-state index contributed by atoms with van der Waals surface area (Å²) in [5, 5.41) is 3.17. The minimum atomic E-state index is -3.60. The summed E-state index contributed by atoms with van der Waals surface area (Å²) in [5.41, 5.74) is 2.77. The number of hydrogen-bond donors (Lipinski definition) is 1. The van der Waals surface area contributed by atoms with Gasteiger partial charge in [-0.15, -0.1) is 0 Å². The van der Waals surface area contributed by atoms with Crippen LogP contribution in [0.25, 0.3) is 0 Å². The van der Waals surface area contributed by atoms with Crippen LogP contribution in [0.4, 0.5) is 16.2 Å². The maximum absolute atomic E-state index is 13.4. The van der Waals surface area contributed by atoms with E-state index in [1.165, 1.54) is 6.42 Å². The van der Waals surface area contributed by atoms with Crippen molar-refractivity contribution in [3.8, 4) is 5.75 Å². The number of carbonyl (C=O) groups excluding carboxylic acids is 1. The minimum Gasteiger partial charge on any atom is -0.497 e. The summed E-state index contributed by atoms with van der Waals surface area (Å²) in [6.07, 6.45) is 6.31. The number of urea groups is 1. The molecule has 8 nitrogen and oxygen atoms in total. The number of ether oxygens (including phenoxy) is 1. The number of fused-ring (bicyclic) bond motifs is 1. The van der Waals surface area contributed by atoms with Gasteiger partial charge in [-0.3, -0.25) is 4.90 Å². The van der Waals surface area contributed by atoms with E-state index in [-0.39, 0.29) is 12.1 Å². The standard InChI is InChI=1S/C26H34N4O4S/c1-34-23-9-5-8-22(19-23)28-14-16-29(17-15-28)35(32,33)24-10-11-25-20(18-24)12-13-30(25)26(31)27-21-6-3-2-4-7-21/h5,8-11,18-19,21H,2-4,6-7,12-17H2,1H3,(H,27,31). The molecule has 188 valence electrons. The van der Waals surface area contributed by atoms with Crippen LogP contribution in [0.1, 0.15) is 37.7 Å². The summed E-state index contributed by atoms with van der Waals surface area (Å²) in [7, 11) is -1.96. The smallest absolute Gasteiger partial charge is 0.322 e. The third-order valence-corrected chi connectivity index (χ3v) is 9.31. The van der Waals surface area contributed by atoms with Crippen LogP contribution in [0, 0.1) is 0 Å². The highest BCUT2D eigenvalue weighted by Gasteiger charge is 2.32. The molecule has 1 N–H and O–H groups in total. The van der Waals surface area contributed by atoms with Crippen LogP contribution in [-0.2, 0) is 16.4 Å². The van der Waals surface area contributed by atoms with E-state index in [1.54, 1.807) is 34.5 Å². The highest BCUT2D eigenvalue weighted by atomic mass is 32.2. The molecule has 2 aliphatic heterocycles. The molecule has 9 heteroatoms. The Morgan fingerprint density at radius 2 is 1.74 bits per heavy atom.